The van der Waals surface area contributed by atoms with Gasteiger partial charge in [0.05, 0.1) is 0 Å². The number of nitrogens with two attached hydrogens (primary N) is 1. The lowest BCUT2D eigenvalue weighted by Crippen LogP contribution is -2.05. The monoisotopic (exact) mass is 130 g/mol. The standard InChI is InChI=1S/C3H6N4S/c1-2-5-3(6-4)8-7-2/h4H2,1H3,(H,5,6,7). The van der Waals surface area contributed by atoms with Crippen LogP contribution in [0.2, 0.25) is 0 Å². The van der Waals surface area contributed by atoms with Crippen LogP contribution in [-0.4, -0.2) is 9.36 Å². The molecule has 0 unspecified atom stereocenters. The molecular formula is C3H6N4S. The Kier molecular flexibility index (Phi) is 1.40. The van der Waals surface area contributed by atoms with Crippen molar-refractivity contribution in [1.82, 2.24) is 9.36 Å². The van der Waals surface area contributed by atoms with Gasteiger partial charge in [-0.25, -0.2) is 10.8 Å². The predicted octanol–water partition coefficient (Wildman–Crippen LogP) is 0.132. The van der Waals surface area contributed by atoms with Crippen LogP contribution >= 0.6 is 11.5 Å². The number of nitrogens with zero attached hydrogens (tertiary/aromatic N) is 2. The van der Waals surface area contributed by atoms with Gasteiger partial charge in [-0.05, 0) is 6.92 Å². The van der Waals surface area contributed by atoms with E-state index >= 15 is 0 Å². The number of nitrogen functional groups attached to an aromatic ring is 1. The Morgan fingerprint density at radius 2 is 2.50 bits per heavy atom. The Labute approximate surface area is 50.9 Å². The Balaban J connectivity index is 2.84. The van der Waals surface area contributed by atoms with Crippen LogP contribution in [0.1, 0.15) is 5.82 Å². The van der Waals surface area contributed by atoms with Crippen LogP contribution in [-0.2, 0) is 0 Å². The molecule has 0 aliphatic rings. The summed E-state index contributed by atoms with van der Waals surface area (Å²) in [5, 5.41) is 0.655. The molecule has 1 rings (SSSR count). The van der Waals surface area contributed by atoms with Crippen LogP contribution in [0.3, 0.4) is 0 Å². The lowest BCUT2D eigenvalue weighted by atomic mass is 10.8. The molecule has 0 bridgehead atoms. The van der Waals surface area contributed by atoms with Crippen LogP contribution in [0.5, 0.6) is 0 Å². The highest BCUT2D eigenvalue weighted by molar-refractivity contribution is 7.09. The molecule has 0 radical (unpaired) electrons. The van der Waals surface area contributed by atoms with Crippen molar-refractivity contribution in [1.29, 1.82) is 0 Å². The van der Waals surface area contributed by atoms with Gasteiger partial charge in [0, 0.05) is 11.5 Å². The third kappa shape index (κ3) is 0.932. The summed E-state index contributed by atoms with van der Waals surface area (Å²) in [6.45, 7) is 1.82. The fourth-order valence-electron chi connectivity index (χ4n) is 0.356. The fourth-order valence-corrected chi connectivity index (χ4v) is 0.841. The van der Waals surface area contributed by atoms with Crippen molar-refractivity contribution >= 4 is 16.7 Å². The minimum atomic E-state index is 0.655. The zero-order valence-corrected chi connectivity index (χ0v) is 5.20. The second kappa shape index (κ2) is 2.06. The number of rotatable bonds is 1. The van der Waals surface area contributed by atoms with Gasteiger partial charge >= 0.3 is 0 Å². The average Bonchev–Trinajstić information content (AvgIpc) is 2.14. The third-order valence-corrected chi connectivity index (χ3v) is 1.39. The number of aryl methyl sites for hydroxylation is 1. The molecule has 0 aliphatic heterocycles. The summed E-state index contributed by atoms with van der Waals surface area (Å²) in [4.78, 5) is 3.90. The molecule has 0 saturated carbocycles. The molecule has 1 aromatic rings. The molecule has 1 heterocycles. The fraction of sp³-hybridized carbons (Fsp3) is 0.333. The quantitative estimate of drug-likeness (QED) is 0.419. The maximum Gasteiger partial charge on any atom is 0.216 e. The molecule has 0 saturated heterocycles. The van der Waals surface area contributed by atoms with E-state index < -0.39 is 0 Å². The normalized spacial score (nSPS) is 9.25. The van der Waals surface area contributed by atoms with E-state index in [0.717, 1.165) is 5.82 Å². The highest BCUT2D eigenvalue weighted by atomic mass is 32.1. The first-order valence-electron chi connectivity index (χ1n) is 2.10. The molecule has 4 nitrogen and oxygen atoms in total. The predicted molar refractivity (Wildman–Crippen MR) is 32.5 cm³/mol. The maximum atomic E-state index is 5.02. The van der Waals surface area contributed by atoms with Gasteiger partial charge in [0.25, 0.3) is 0 Å². The van der Waals surface area contributed by atoms with Crippen LogP contribution < -0.4 is 11.3 Å². The number of anilines is 1. The first-order chi connectivity index (χ1) is 3.83. The molecule has 0 aromatic carbocycles. The number of hydrogen-bond donors (Lipinski definition) is 2. The average molecular weight is 130 g/mol. The van der Waals surface area contributed by atoms with Gasteiger partial charge in [0.2, 0.25) is 5.13 Å². The highest BCUT2D eigenvalue weighted by Gasteiger charge is 1.92. The first-order valence-corrected chi connectivity index (χ1v) is 2.87. The van der Waals surface area contributed by atoms with Crippen molar-refractivity contribution in [3.8, 4) is 0 Å². The van der Waals surface area contributed by atoms with Crippen molar-refractivity contribution in [3.63, 3.8) is 0 Å². The highest BCUT2D eigenvalue weighted by Crippen LogP contribution is 2.06. The molecule has 8 heavy (non-hydrogen) atoms. The Bertz CT molecular complexity index is 172. The van der Waals surface area contributed by atoms with E-state index in [1.807, 2.05) is 6.92 Å². The van der Waals surface area contributed by atoms with Gasteiger partial charge in [-0.3, -0.25) is 5.43 Å². The lowest BCUT2D eigenvalue weighted by Gasteiger charge is -1.83. The van der Waals surface area contributed by atoms with E-state index in [1.54, 1.807) is 0 Å². The third-order valence-electron chi connectivity index (χ3n) is 0.651. The number of hydrazine groups is 1. The summed E-state index contributed by atoms with van der Waals surface area (Å²) in [6.07, 6.45) is 0. The summed E-state index contributed by atoms with van der Waals surface area (Å²) >= 11 is 1.25. The minimum absolute atomic E-state index is 0.655. The molecule has 0 spiro atoms. The van der Waals surface area contributed by atoms with Crippen molar-refractivity contribution in [2.24, 2.45) is 5.84 Å². The van der Waals surface area contributed by atoms with Gasteiger partial charge < -0.3 is 0 Å². The molecule has 5 heteroatoms. The van der Waals surface area contributed by atoms with Crippen LogP contribution in [0.25, 0.3) is 0 Å². The van der Waals surface area contributed by atoms with Crippen molar-refractivity contribution in [2.45, 2.75) is 6.92 Å². The van der Waals surface area contributed by atoms with Gasteiger partial charge in [-0.15, -0.1) is 0 Å². The summed E-state index contributed by atoms with van der Waals surface area (Å²) in [7, 11) is 0. The zero-order chi connectivity index (χ0) is 5.98. The van der Waals surface area contributed by atoms with Gasteiger partial charge in [-0.2, -0.15) is 4.37 Å². The Morgan fingerprint density at radius 3 is 2.75 bits per heavy atom. The van der Waals surface area contributed by atoms with Crippen LogP contribution in [0.15, 0.2) is 0 Å². The molecule has 0 amide bonds. The summed E-state index contributed by atoms with van der Waals surface area (Å²) in [6, 6.07) is 0. The lowest BCUT2D eigenvalue weighted by molar-refractivity contribution is 1.15. The molecule has 0 aliphatic carbocycles. The zero-order valence-electron chi connectivity index (χ0n) is 4.38. The van der Waals surface area contributed by atoms with E-state index in [9.17, 15) is 0 Å². The van der Waals surface area contributed by atoms with E-state index in [4.69, 9.17) is 5.84 Å². The number of nitrogens with one attached hydrogen (secondary N) is 1. The van der Waals surface area contributed by atoms with Crippen LogP contribution in [0, 0.1) is 6.92 Å². The molecule has 1 aromatic heterocycles. The largest absolute Gasteiger partial charge is 0.299 e. The van der Waals surface area contributed by atoms with Gasteiger partial charge in [0.15, 0.2) is 0 Å². The molecular weight excluding hydrogens is 124 g/mol. The van der Waals surface area contributed by atoms with E-state index in [0.29, 0.717) is 5.13 Å². The van der Waals surface area contributed by atoms with Gasteiger partial charge in [0.1, 0.15) is 5.82 Å². The topological polar surface area (TPSA) is 63.8 Å². The summed E-state index contributed by atoms with van der Waals surface area (Å²) in [5.74, 6) is 5.77. The first kappa shape index (κ1) is 5.46. The van der Waals surface area contributed by atoms with E-state index in [-0.39, 0.29) is 0 Å². The molecule has 3 N–H and O–H groups in total. The summed E-state index contributed by atoms with van der Waals surface area (Å²) < 4.78 is 3.88. The Hall–Kier alpha value is -0.680. The molecule has 44 valence electrons. The smallest absolute Gasteiger partial charge is 0.216 e. The van der Waals surface area contributed by atoms with Crippen molar-refractivity contribution in [3.05, 3.63) is 5.82 Å². The number of aromatic nitrogens is 2. The van der Waals surface area contributed by atoms with Gasteiger partial charge in [-0.1, -0.05) is 0 Å². The second-order valence-corrected chi connectivity index (χ2v) is 2.04. The van der Waals surface area contributed by atoms with Crippen LogP contribution in [0.4, 0.5) is 5.13 Å². The molecule has 0 atom stereocenters. The van der Waals surface area contributed by atoms with Crippen molar-refractivity contribution < 1.29 is 0 Å². The van der Waals surface area contributed by atoms with Crippen molar-refractivity contribution in [2.75, 3.05) is 5.43 Å². The van der Waals surface area contributed by atoms with E-state index in [1.165, 1.54) is 11.5 Å². The Morgan fingerprint density at radius 1 is 1.75 bits per heavy atom. The minimum Gasteiger partial charge on any atom is -0.299 e. The second-order valence-electron chi connectivity index (χ2n) is 1.29. The molecule has 0 fully saturated rings. The SMILES string of the molecule is Cc1nsc(NN)n1. The number of hydrogen-bond acceptors (Lipinski definition) is 5. The summed E-state index contributed by atoms with van der Waals surface area (Å²) in [5.41, 5.74) is 2.39. The van der Waals surface area contributed by atoms with E-state index in [2.05, 4.69) is 14.8 Å². The maximum absolute atomic E-state index is 5.02.